The number of aromatic amines is 1. The molecule has 1 aromatic carbocycles. The van der Waals surface area contributed by atoms with Crippen molar-refractivity contribution in [3.05, 3.63) is 30.6 Å². The number of para-hydroxylation sites is 1. The van der Waals surface area contributed by atoms with Gasteiger partial charge in [-0.25, -0.2) is 4.98 Å². The summed E-state index contributed by atoms with van der Waals surface area (Å²) in [5.41, 5.74) is 7.09. The maximum atomic E-state index is 12.6. The summed E-state index contributed by atoms with van der Waals surface area (Å²) in [4.78, 5) is 15.3. The van der Waals surface area contributed by atoms with E-state index in [1.807, 2.05) is 0 Å². The van der Waals surface area contributed by atoms with E-state index in [0.717, 1.165) is 0 Å². The minimum atomic E-state index is -2.50. The Morgan fingerprint density at radius 1 is 1.24 bits per heavy atom. The van der Waals surface area contributed by atoms with E-state index >= 15 is 0 Å². The van der Waals surface area contributed by atoms with E-state index in [2.05, 4.69) is 25.3 Å². The molecule has 21 heavy (non-hydrogen) atoms. The lowest BCUT2D eigenvalue weighted by Crippen LogP contribution is -2.02. The van der Waals surface area contributed by atoms with Crippen LogP contribution in [0.4, 0.5) is 26.2 Å². The molecular weight excluding hydrogens is 298 g/mol. The number of nitrogens with one attached hydrogen (secondary N) is 2. The molecule has 0 radical (unpaired) electrons. The van der Waals surface area contributed by atoms with Gasteiger partial charge in [0.1, 0.15) is 5.52 Å². The van der Waals surface area contributed by atoms with Crippen molar-refractivity contribution < 1.29 is 8.78 Å². The summed E-state index contributed by atoms with van der Waals surface area (Å²) in [5.74, 6) is -2.07. The first-order valence-corrected chi connectivity index (χ1v) is 6.79. The number of H-pyrrole nitrogens is 1. The van der Waals surface area contributed by atoms with Gasteiger partial charge in [-0.05, 0) is 12.1 Å². The van der Waals surface area contributed by atoms with Crippen molar-refractivity contribution in [2.75, 3.05) is 11.1 Å². The number of nitrogens with two attached hydrogens (primary N) is 1. The summed E-state index contributed by atoms with van der Waals surface area (Å²) >= 11 is 0.460. The number of halogens is 2. The molecule has 0 spiro atoms. The molecular formula is C12H10F2N6S. The molecule has 9 heteroatoms. The number of benzene rings is 1. The van der Waals surface area contributed by atoms with Gasteiger partial charge in [0.15, 0.2) is 11.5 Å². The van der Waals surface area contributed by atoms with Crippen LogP contribution in [0.2, 0.25) is 0 Å². The first-order chi connectivity index (χ1) is 10.1. The smallest absolute Gasteiger partial charge is 0.288 e. The first-order valence-electron chi connectivity index (χ1n) is 5.91. The Morgan fingerprint density at radius 3 is 2.86 bits per heavy atom. The number of nitrogen functional groups attached to an aromatic ring is 1. The van der Waals surface area contributed by atoms with Crippen molar-refractivity contribution in [1.29, 1.82) is 0 Å². The molecule has 0 unspecified atom stereocenters. The number of aromatic nitrogens is 4. The van der Waals surface area contributed by atoms with Crippen molar-refractivity contribution in [2.45, 2.75) is 10.7 Å². The number of anilines is 3. The van der Waals surface area contributed by atoms with Crippen molar-refractivity contribution in [3.8, 4) is 0 Å². The zero-order valence-corrected chi connectivity index (χ0v) is 11.4. The molecule has 0 aliphatic heterocycles. The summed E-state index contributed by atoms with van der Waals surface area (Å²) in [6.45, 7) is 0. The molecule has 0 atom stereocenters. The van der Waals surface area contributed by atoms with Crippen LogP contribution in [-0.4, -0.2) is 25.7 Å². The zero-order chi connectivity index (χ0) is 14.8. The van der Waals surface area contributed by atoms with Crippen LogP contribution in [0.3, 0.4) is 0 Å². The standard InChI is InChI=1S/C12H10F2N6S/c13-11(14)21-7-4-2-1-3-6(7)18-10-8-9(17-5-16-8)19-12(15)20-10/h1-5,11H,(H4,15,16,17,18,19,20). The highest BCUT2D eigenvalue weighted by Crippen LogP contribution is 2.33. The van der Waals surface area contributed by atoms with E-state index in [-0.39, 0.29) is 5.95 Å². The van der Waals surface area contributed by atoms with Crippen molar-refractivity contribution in [1.82, 2.24) is 19.9 Å². The van der Waals surface area contributed by atoms with Gasteiger partial charge >= 0.3 is 0 Å². The van der Waals surface area contributed by atoms with Gasteiger partial charge in [-0.1, -0.05) is 23.9 Å². The van der Waals surface area contributed by atoms with Crippen LogP contribution in [0.5, 0.6) is 0 Å². The van der Waals surface area contributed by atoms with Gasteiger partial charge in [0, 0.05) is 4.90 Å². The molecule has 4 N–H and O–H groups in total. The van der Waals surface area contributed by atoms with E-state index in [1.54, 1.807) is 24.3 Å². The van der Waals surface area contributed by atoms with E-state index in [1.165, 1.54) is 6.33 Å². The fraction of sp³-hybridized carbons (Fsp3) is 0.0833. The summed E-state index contributed by atoms with van der Waals surface area (Å²) < 4.78 is 25.2. The lowest BCUT2D eigenvalue weighted by Gasteiger charge is -2.11. The van der Waals surface area contributed by atoms with Gasteiger partial charge in [-0.2, -0.15) is 18.7 Å². The summed E-state index contributed by atoms with van der Waals surface area (Å²) in [6.07, 6.45) is 1.46. The number of imidazole rings is 1. The number of rotatable bonds is 4. The second kappa shape index (κ2) is 5.52. The maximum Gasteiger partial charge on any atom is 0.288 e. The zero-order valence-electron chi connectivity index (χ0n) is 10.5. The van der Waals surface area contributed by atoms with Crippen LogP contribution >= 0.6 is 11.8 Å². The number of alkyl halides is 2. The molecule has 0 aliphatic carbocycles. The van der Waals surface area contributed by atoms with Crippen molar-refractivity contribution >= 4 is 40.4 Å². The van der Waals surface area contributed by atoms with Gasteiger partial charge in [0.2, 0.25) is 5.95 Å². The predicted octanol–water partition coefficient (Wildman–Crippen LogP) is 2.99. The molecule has 108 valence electrons. The number of nitrogens with zero attached hydrogens (tertiary/aromatic N) is 3. The monoisotopic (exact) mass is 308 g/mol. The quantitative estimate of drug-likeness (QED) is 0.642. The Labute approximate surface area is 122 Å². The van der Waals surface area contributed by atoms with Crippen molar-refractivity contribution in [3.63, 3.8) is 0 Å². The summed E-state index contributed by atoms with van der Waals surface area (Å²) in [6, 6.07) is 6.72. The molecule has 2 heterocycles. The number of fused-ring (bicyclic) bond motifs is 1. The third kappa shape index (κ3) is 2.87. The SMILES string of the molecule is Nc1nc(Nc2ccccc2SC(F)F)c2[nH]cnc2n1. The lowest BCUT2D eigenvalue weighted by atomic mass is 10.3. The molecule has 3 aromatic rings. The predicted molar refractivity (Wildman–Crippen MR) is 77.7 cm³/mol. The normalized spacial score (nSPS) is 11.2. The second-order valence-electron chi connectivity index (χ2n) is 4.03. The van der Waals surface area contributed by atoms with Gasteiger partial charge < -0.3 is 16.0 Å². The molecule has 3 rings (SSSR count). The van der Waals surface area contributed by atoms with Crippen LogP contribution < -0.4 is 11.1 Å². The molecule has 0 saturated heterocycles. The van der Waals surface area contributed by atoms with Gasteiger partial charge in [0.05, 0.1) is 12.0 Å². The largest absolute Gasteiger partial charge is 0.368 e. The van der Waals surface area contributed by atoms with Crippen LogP contribution in [-0.2, 0) is 0 Å². The van der Waals surface area contributed by atoms with Crippen molar-refractivity contribution in [2.24, 2.45) is 0 Å². The summed E-state index contributed by atoms with van der Waals surface area (Å²) in [7, 11) is 0. The first kappa shape index (κ1) is 13.6. The van der Waals surface area contributed by atoms with Gasteiger partial charge in [-0.3, -0.25) is 0 Å². The van der Waals surface area contributed by atoms with E-state index in [4.69, 9.17) is 5.73 Å². The highest BCUT2D eigenvalue weighted by atomic mass is 32.2. The molecule has 0 bridgehead atoms. The Hall–Kier alpha value is -2.42. The highest BCUT2D eigenvalue weighted by Gasteiger charge is 2.13. The molecule has 0 saturated carbocycles. The van der Waals surface area contributed by atoms with E-state index in [9.17, 15) is 8.78 Å². The summed E-state index contributed by atoms with van der Waals surface area (Å²) in [5, 5.41) is 2.99. The molecule has 0 amide bonds. The third-order valence-corrected chi connectivity index (χ3v) is 3.45. The van der Waals surface area contributed by atoms with Crippen LogP contribution in [0.15, 0.2) is 35.5 Å². The minimum Gasteiger partial charge on any atom is -0.368 e. The van der Waals surface area contributed by atoms with Crippen LogP contribution in [0.1, 0.15) is 0 Å². The molecule has 0 aliphatic rings. The Bertz CT molecular complexity index is 775. The minimum absolute atomic E-state index is 0.0519. The fourth-order valence-corrected chi connectivity index (χ4v) is 2.43. The third-order valence-electron chi connectivity index (χ3n) is 2.66. The Kier molecular flexibility index (Phi) is 3.57. The number of hydrogen-bond donors (Lipinski definition) is 3. The van der Waals surface area contributed by atoms with E-state index < -0.39 is 5.76 Å². The van der Waals surface area contributed by atoms with Gasteiger partial charge in [-0.15, -0.1) is 0 Å². The average Bonchev–Trinajstić information content (AvgIpc) is 2.88. The Balaban J connectivity index is 2.01. The molecule has 0 fully saturated rings. The Morgan fingerprint density at radius 2 is 2.05 bits per heavy atom. The van der Waals surface area contributed by atoms with Gasteiger partial charge in [0.25, 0.3) is 5.76 Å². The number of thioether (sulfide) groups is 1. The van der Waals surface area contributed by atoms with Crippen LogP contribution in [0, 0.1) is 0 Å². The second-order valence-corrected chi connectivity index (χ2v) is 5.06. The molecule has 2 aromatic heterocycles. The molecule has 6 nitrogen and oxygen atoms in total. The topological polar surface area (TPSA) is 92.5 Å². The number of hydrogen-bond acceptors (Lipinski definition) is 6. The van der Waals surface area contributed by atoms with Crippen LogP contribution in [0.25, 0.3) is 11.2 Å². The lowest BCUT2D eigenvalue weighted by molar-refractivity contribution is 0.252. The fourth-order valence-electron chi connectivity index (χ4n) is 1.84. The average molecular weight is 308 g/mol. The highest BCUT2D eigenvalue weighted by molar-refractivity contribution is 7.99. The van der Waals surface area contributed by atoms with E-state index in [0.29, 0.717) is 39.3 Å². The maximum absolute atomic E-state index is 12.6.